The Morgan fingerprint density at radius 1 is 0.846 bits per heavy atom. The van der Waals surface area contributed by atoms with E-state index in [1.807, 2.05) is 0 Å². The summed E-state index contributed by atoms with van der Waals surface area (Å²) < 4.78 is 12.2. The van der Waals surface area contributed by atoms with E-state index in [-0.39, 0.29) is 11.5 Å². The Balaban J connectivity index is 1.47. The Bertz CT molecular complexity index is 556. The second-order valence-electron chi connectivity index (χ2n) is 10.9. The van der Waals surface area contributed by atoms with Crippen molar-refractivity contribution in [3.8, 4) is 0 Å². The fourth-order valence-corrected chi connectivity index (χ4v) is 9.01. The Labute approximate surface area is 159 Å². The van der Waals surface area contributed by atoms with Gasteiger partial charge in [0, 0.05) is 5.92 Å². The number of fused-ring (bicyclic) bond motifs is 5. The van der Waals surface area contributed by atoms with Crippen LogP contribution in [0, 0.1) is 40.4 Å². The first-order valence-electron chi connectivity index (χ1n) is 11.3. The van der Waals surface area contributed by atoms with Gasteiger partial charge in [0.2, 0.25) is 0 Å². The van der Waals surface area contributed by atoms with Crippen LogP contribution in [0.5, 0.6) is 0 Å². The second-order valence-corrected chi connectivity index (χ2v) is 10.9. The van der Waals surface area contributed by atoms with Crippen molar-refractivity contribution in [1.82, 2.24) is 0 Å². The van der Waals surface area contributed by atoms with E-state index in [4.69, 9.17) is 9.47 Å². The molecule has 0 aromatic carbocycles. The quantitative estimate of drug-likeness (QED) is 0.730. The molecule has 5 aliphatic rings. The molecular formula is C23H38O3. The van der Waals surface area contributed by atoms with Gasteiger partial charge in [0.05, 0.1) is 19.3 Å². The zero-order valence-corrected chi connectivity index (χ0v) is 17.0. The molecule has 1 N–H and O–H groups in total. The van der Waals surface area contributed by atoms with Crippen molar-refractivity contribution < 1.29 is 14.6 Å². The third-order valence-corrected chi connectivity index (χ3v) is 10.0. The molecule has 4 saturated carbocycles. The monoisotopic (exact) mass is 362 g/mol. The highest BCUT2D eigenvalue weighted by Crippen LogP contribution is 2.69. The van der Waals surface area contributed by atoms with Gasteiger partial charge in [-0.15, -0.1) is 0 Å². The molecule has 3 heteroatoms. The van der Waals surface area contributed by atoms with E-state index in [1.165, 1.54) is 51.4 Å². The van der Waals surface area contributed by atoms with Crippen LogP contribution in [0.1, 0.15) is 78.6 Å². The van der Waals surface area contributed by atoms with Gasteiger partial charge in [-0.1, -0.05) is 26.7 Å². The maximum atomic E-state index is 11.5. The highest BCUT2D eigenvalue weighted by Gasteiger charge is 2.65. The molecule has 8 atom stereocenters. The average molecular weight is 363 g/mol. The van der Waals surface area contributed by atoms with Gasteiger partial charge in [-0.2, -0.15) is 0 Å². The molecule has 0 aromatic heterocycles. The number of ether oxygens (including phenoxy) is 2. The smallest absolute Gasteiger partial charge is 0.169 e. The first-order chi connectivity index (χ1) is 12.4. The summed E-state index contributed by atoms with van der Waals surface area (Å²) in [5, 5.41) is 11.5. The average Bonchev–Trinajstić information content (AvgIpc) is 3.17. The van der Waals surface area contributed by atoms with Crippen molar-refractivity contribution in [3.05, 3.63) is 0 Å². The maximum absolute atomic E-state index is 11.5. The van der Waals surface area contributed by atoms with Gasteiger partial charge >= 0.3 is 0 Å². The van der Waals surface area contributed by atoms with E-state index in [1.54, 1.807) is 0 Å². The highest BCUT2D eigenvalue weighted by atomic mass is 16.7. The van der Waals surface area contributed by atoms with Crippen LogP contribution >= 0.6 is 0 Å². The van der Waals surface area contributed by atoms with Gasteiger partial charge in [0.25, 0.3) is 0 Å². The molecule has 5 rings (SSSR count). The van der Waals surface area contributed by atoms with Crippen LogP contribution < -0.4 is 0 Å². The SMILES string of the molecule is CC1([C@@H]2CC[C@@H]3[C@@H]4CC[C@H]5CCCC[C@]5(C)[C@@H]4[C@H](O)C[C@@]32C)OCCO1. The first kappa shape index (κ1) is 17.9. The van der Waals surface area contributed by atoms with Crippen LogP contribution in [0.25, 0.3) is 0 Å². The van der Waals surface area contributed by atoms with Crippen LogP contribution in [0.4, 0.5) is 0 Å². The minimum Gasteiger partial charge on any atom is -0.393 e. The molecule has 148 valence electrons. The first-order valence-corrected chi connectivity index (χ1v) is 11.3. The van der Waals surface area contributed by atoms with E-state index >= 15 is 0 Å². The molecule has 1 saturated heterocycles. The lowest BCUT2D eigenvalue weighted by Crippen LogP contribution is -2.59. The van der Waals surface area contributed by atoms with Crippen molar-refractivity contribution in [2.24, 2.45) is 40.4 Å². The Morgan fingerprint density at radius 2 is 1.62 bits per heavy atom. The van der Waals surface area contributed by atoms with E-state index < -0.39 is 5.79 Å². The van der Waals surface area contributed by atoms with Gasteiger partial charge in [-0.25, -0.2) is 0 Å². The van der Waals surface area contributed by atoms with Gasteiger partial charge in [-0.05, 0) is 86.4 Å². The molecule has 0 bridgehead atoms. The number of aliphatic hydroxyl groups is 1. The topological polar surface area (TPSA) is 38.7 Å². The van der Waals surface area contributed by atoms with Crippen LogP contribution in [0.15, 0.2) is 0 Å². The molecule has 0 aromatic rings. The molecular weight excluding hydrogens is 324 g/mol. The van der Waals surface area contributed by atoms with Crippen molar-refractivity contribution in [2.45, 2.75) is 90.4 Å². The van der Waals surface area contributed by atoms with E-state index in [2.05, 4.69) is 20.8 Å². The number of hydrogen-bond acceptors (Lipinski definition) is 3. The summed E-state index contributed by atoms with van der Waals surface area (Å²) in [5.41, 5.74) is 0.543. The van der Waals surface area contributed by atoms with Crippen molar-refractivity contribution >= 4 is 0 Å². The largest absolute Gasteiger partial charge is 0.393 e. The van der Waals surface area contributed by atoms with Crippen LogP contribution in [0.3, 0.4) is 0 Å². The van der Waals surface area contributed by atoms with Gasteiger partial charge in [-0.3, -0.25) is 0 Å². The molecule has 0 radical (unpaired) electrons. The highest BCUT2D eigenvalue weighted by molar-refractivity contribution is 5.13. The van der Waals surface area contributed by atoms with Crippen molar-refractivity contribution in [1.29, 1.82) is 0 Å². The lowest BCUT2D eigenvalue weighted by atomic mass is 9.44. The van der Waals surface area contributed by atoms with Crippen LogP contribution in [-0.2, 0) is 9.47 Å². The summed E-state index contributed by atoms with van der Waals surface area (Å²) in [7, 11) is 0. The minimum atomic E-state index is -0.429. The Hall–Kier alpha value is -0.120. The zero-order chi connectivity index (χ0) is 18.2. The van der Waals surface area contributed by atoms with Crippen LogP contribution in [0.2, 0.25) is 0 Å². The van der Waals surface area contributed by atoms with E-state index in [0.717, 1.165) is 31.5 Å². The third kappa shape index (κ3) is 2.29. The summed E-state index contributed by atoms with van der Waals surface area (Å²) >= 11 is 0. The molecule has 0 amide bonds. The van der Waals surface area contributed by atoms with E-state index in [0.29, 0.717) is 23.2 Å². The molecule has 1 aliphatic heterocycles. The number of hydrogen-bond donors (Lipinski definition) is 1. The van der Waals surface area contributed by atoms with Crippen LogP contribution in [-0.4, -0.2) is 30.2 Å². The van der Waals surface area contributed by atoms with Gasteiger partial charge in [0.1, 0.15) is 0 Å². The Kier molecular flexibility index (Phi) is 4.10. The zero-order valence-electron chi connectivity index (χ0n) is 17.0. The molecule has 0 spiro atoms. The molecule has 4 aliphatic carbocycles. The summed E-state index contributed by atoms with van der Waals surface area (Å²) in [6, 6.07) is 0. The fraction of sp³-hybridized carbons (Fsp3) is 1.00. The molecule has 1 heterocycles. The Morgan fingerprint density at radius 3 is 2.38 bits per heavy atom. The molecule has 5 fully saturated rings. The van der Waals surface area contributed by atoms with Gasteiger partial charge in [0.15, 0.2) is 5.79 Å². The molecule has 0 unspecified atom stereocenters. The predicted molar refractivity (Wildman–Crippen MR) is 102 cm³/mol. The normalized spacial score (nSPS) is 55.8. The summed E-state index contributed by atoms with van der Waals surface area (Å²) in [4.78, 5) is 0. The maximum Gasteiger partial charge on any atom is 0.169 e. The number of aliphatic hydroxyl groups excluding tert-OH is 1. The molecule has 3 nitrogen and oxygen atoms in total. The van der Waals surface area contributed by atoms with E-state index in [9.17, 15) is 5.11 Å². The fourth-order valence-electron chi connectivity index (χ4n) is 9.01. The summed E-state index contributed by atoms with van der Waals surface area (Å²) in [6.45, 7) is 8.61. The number of rotatable bonds is 1. The van der Waals surface area contributed by atoms with Crippen molar-refractivity contribution in [3.63, 3.8) is 0 Å². The minimum absolute atomic E-state index is 0.141. The van der Waals surface area contributed by atoms with Crippen molar-refractivity contribution in [2.75, 3.05) is 13.2 Å². The standard InChI is InChI=1S/C23H38O3/c1-21-11-5-4-6-15(21)7-8-16-17-9-10-19(23(3)25-12-13-26-23)22(17,2)14-18(24)20(16)21/h15-20,24H,4-14H2,1-3H3/t15-,16+,17-,18-,19-,20+,21+,22+/m1/s1. The predicted octanol–water partition coefficient (Wildman–Crippen LogP) is 4.77. The summed E-state index contributed by atoms with van der Waals surface area (Å²) in [6.07, 6.45) is 11.6. The lowest BCUT2D eigenvalue weighted by Gasteiger charge is -2.62. The summed E-state index contributed by atoms with van der Waals surface area (Å²) in [5.74, 6) is 2.82. The lowest BCUT2D eigenvalue weighted by molar-refractivity contribution is -0.231. The second kappa shape index (κ2) is 5.94. The third-order valence-electron chi connectivity index (χ3n) is 10.0. The molecule has 26 heavy (non-hydrogen) atoms. The van der Waals surface area contributed by atoms with Gasteiger partial charge < -0.3 is 14.6 Å².